The van der Waals surface area contributed by atoms with E-state index in [-0.39, 0.29) is 62.3 Å². The highest BCUT2D eigenvalue weighted by atomic mass is 16.7. The summed E-state index contributed by atoms with van der Waals surface area (Å²) in [6.07, 6.45) is 4.77. The van der Waals surface area contributed by atoms with Crippen molar-refractivity contribution in [1.29, 1.82) is 0 Å². The third kappa shape index (κ3) is 10.2. The van der Waals surface area contributed by atoms with Crippen molar-refractivity contribution in [2.75, 3.05) is 25.5 Å². The van der Waals surface area contributed by atoms with E-state index in [9.17, 15) is 45.0 Å². The molecule has 3 aromatic rings. The van der Waals surface area contributed by atoms with Crippen LogP contribution in [0.15, 0.2) is 65.5 Å². The molecule has 7 N–H and O–H groups in total. The Kier molecular flexibility index (Phi) is 15.5. The van der Waals surface area contributed by atoms with Crippen LogP contribution < -0.4 is 10.1 Å². The number of fused-ring (bicyclic) bond motifs is 14. The number of ketones is 1. The van der Waals surface area contributed by atoms with Gasteiger partial charge in [-0.3, -0.25) is 24.3 Å². The number of ether oxygens (including phenoxy) is 4. The average molecular weight is 943 g/mol. The first-order chi connectivity index (χ1) is 32.0. The predicted molar refractivity (Wildman–Crippen MR) is 256 cm³/mol. The van der Waals surface area contributed by atoms with Gasteiger partial charge in [0.1, 0.15) is 29.1 Å². The van der Waals surface area contributed by atoms with Crippen LogP contribution in [0.4, 0.5) is 5.69 Å². The van der Waals surface area contributed by atoms with E-state index in [0.29, 0.717) is 19.6 Å². The normalized spacial score (nSPS) is 31.5. The molecule has 0 aromatic heterocycles. The van der Waals surface area contributed by atoms with Crippen LogP contribution in [0.1, 0.15) is 89.4 Å². The molecule has 1 amide bonds. The molecule has 368 valence electrons. The zero-order valence-electron chi connectivity index (χ0n) is 40.6. The third-order valence-electron chi connectivity index (χ3n) is 13.6. The number of carbonyl (C=O) groups is 3. The minimum Gasteiger partial charge on any atom is -0.508 e. The molecule has 17 heteroatoms. The molecule has 0 spiro atoms. The molecule has 5 bridgehead atoms. The lowest BCUT2D eigenvalue weighted by Gasteiger charge is -2.42. The van der Waals surface area contributed by atoms with Gasteiger partial charge in [-0.05, 0) is 51.5 Å². The fourth-order valence-corrected chi connectivity index (χ4v) is 9.69. The van der Waals surface area contributed by atoms with Crippen molar-refractivity contribution in [2.45, 2.75) is 118 Å². The summed E-state index contributed by atoms with van der Waals surface area (Å²) in [5, 5.41) is 78.1. The van der Waals surface area contributed by atoms with Crippen LogP contribution in [-0.4, -0.2) is 127 Å². The molecule has 1 fully saturated rings. The maximum Gasteiger partial charge on any atom is 0.312 e. The summed E-state index contributed by atoms with van der Waals surface area (Å²) in [5.74, 6) is -8.45. The number of phenolic OH excluding ortho intramolecular Hbond substituents is 4. The molecule has 11 atom stereocenters. The fraction of sp³-hybridized carbons (Fsp3) is 0.490. The van der Waals surface area contributed by atoms with Gasteiger partial charge in [0, 0.05) is 80.8 Å². The number of aromatic hydroxyl groups is 4. The van der Waals surface area contributed by atoms with Crippen LogP contribution in [0.5, 0.6) is 28.7 Å². The van der Waals surface area contributed by atoms with Crippen LogP contribution >= 0.6 is 0 Å². The van der Waals surface area contributed by atoms with Crippen molar-refractivity contribution in [3.63, 3.8) is 0 Å². The van der Waals surface area contributed by atoms with E-state index in [1.807, 2.05) is 24.9 Å². The van der Waals surface area contributed by atoms with Crippen molar-refractivity contribution < 1.29 is 64.0 Å². The number of nitrogens with one attached hydrogen (secondary N) is 1. The van der Waals surface area contributed by atoms with E-state index in [1.165, 1.54) is 59.4 Å². The molecular weight excluding hydrogens is 877 g/mol. The largest absolute Gasteiger partial charge is 0.508 e. The smallest absolute Gasteiger partial charge is 0.312 e. The number of aliphatic hydroxyl groups is 2. The van der Waals surface area contributed by atoms with Crippen molar-refractivity contribution in [2.24, 2.45) is 28.8 Å². The summed E-state index contributed by atoms with van der Waals surface area (Å²) in [6, 6.07) is 6.72. The Morgan fingerprint density at radius 3 is 2.24 bits per heavy atom. The molecule has 3 aromatic carbocycles. The van der Waals surface area contributed by atoms with Crippen molar-refractivity contribution >= 4 is 40.3 Å². The SMILES string of the molecule is COC1/C=C/OC2(C)Oc3c(C)c(O)c4c(O)c(c(C=NN5C(C)CN(Cc6cccc(O)c6)CC5C)c(O)c4c3C2=O)NC(=O)/C(C)=C\C=C\C(C)C(O)C(C)C(O)C(C)C(OC(C)=O)C1C. The maximum atomic E-state index is 14.6. The second-order valence-electron chi connectivity index (χ2n) is 18.8. The Balaban J connectivity index is 1.48. The van der Waals surface area contributed by atoms with Crippen molar-refractivity contribution in [3.8, 4) is 28.7 Å². The molecule has 4 heterocycles. The summed E-state index contributed by atoms with van der Waals surface area (Å²) in [4.78, 5) is 43.3. The van der Waals surface area contributed by atoms with E-state index in [1.54, 1.807) is 58.0 Å². The lowest BCUT2D eigenvalue weighted by Crippen LogP contribution is -2.54. The first-order valence-electron chi connectivity index (χ1n) is 22.9. The van der Waals surface area contributed by atoms with Gasteiger partial charge in [-0.25, -0.2) is 0 Å². The van der Waals surface area contributed by atoms with Crippen LogP contribution in [-0.2, 0) is 30.3 Å². The highest BCUT2D eigenvalue weighted by Gasteiger charge is 2.50. The van der Waals surface area contributed by atoms with Gasteiger partial charge in [0.25, 0.3) is 11.7 Å². The number of amides is 1. The van der Waals surface area contributed by atoms with Gasteiger partial charge in [-0.1, -0.05) is 58.1 Å². The van der Waals surface area contributed by atoms with Crippen molar-refractivity contribution in [3.05, 3.63) is 82.7 Å². The minimum atomic E-state index is -2.08. The van der Waals surface area contributed by atoms with E-state index >= 15 is 0 Å². The molecule has 1 saturated heterocycles. The Labute approximate surface area is 396 Å². The van der Waals surface area contributed by atoms with E-state index < -0.39 is 88.8 Å². The number of benzene rings is 3. The van der Waals surface area contributed by atoms with Crippen LogP contribution in [0.3, 0.4) is 0 Å². The molecule has 11 unspecified atom stereocenters. The molecule has 68 heavy (non-hydrogen) atoms. The van der Waals surface area contributed by atoms with Gasteiger partial charge in [-0.15, -0.1) is 0 Å². The number of hydrazone groups is 1. The topological polar surface area (TPSA) is 240 Å². The standard InChI is InChI=1S/C51H66N4O13/c1-25-14-12-15-26(2)50(64)53-41-36(21-52-55-27(3)22-54(23-28(55)4)24-34-16-13-17-35(57)20-34)45(61)38-39(46(41)62)44(60)32(8)48-40(38)49(63)51(10,68-48)66-19-18-37(65-11)29(5)47(67-33(9)56)31(7)43(59)30(6)42(25)58/h12-21,25,27-31,37,42-43,47,57-62H,22-24H2,1-11H3,(H,53,64)/b14-12+,19-18+,26-15-,52-21?. The highest BCUT2D eigenvalue weighted by Crippen LogP contribution is 2.55. The minimum absolute atomic E-state index is 0.0363. The van der Waals surface area contributed by atoms with Gasteiger partial charge in [0.2, 0.25) is 0 Å². The number of nitrogens with zero attached hydrogens (tertiary/aromatic N) is 3. The average Bonchev–Trinajstić information content (AvgIpc) is 3.55. The quantitative estimate of drug-likeness (QED) is 0.0614. The first-order valence-corrected chi connectivity index (χ1v) is 22.9. The second kappa shape index (κ2) is 20.6. The number of piperazine rings is 1. The molecule has 4 aliphatic heterocycles. The van der Waals surface area contributed by atoms with Crippen LogP contribution in [0, 0.1) is 30.6 Å². The maximum absolute atomic E-state index is 14.6. The van der Waals surface area contributed by atoms with Crippen LogP contribution in [0.25, 0.3) is 10.8 Å². The molecule has 0 radical (unpaired) electrons. The number of phenols is 4. The van der Waals surface area contributed by atoms with E-state index in [0.717, 1.165) is 5.56 Å². The molecular formula is C51H66N4O13. The highest BCUT2D eigenvalue weighted by molar-refractivity contribution is 6.23. The van der Waals surface area contributed by atoms with E-state index in [2.05, 4.69) is 10.2 Å². The summed E-state index contributed by atoms with van der Waals surface area (Å²) in [5.41, 5.74) is 0.454. The number of methoxy groups -OCH3 is 1. The van der Waals surface area contributed by atoms with Crippen molar-refractivity contribution in [1.82, 2.24) is 9.91 Å². The van der Waals surface area contributed by atoms with Gasteiger partial charge >= 0.3 is 11.8 Å². The molecule has 0 aliphatic carbocycles. The number of Topliss-reactive ketones (excluding diaryl/α,β-unsaturated/α-hetero) is 1. The summed E-state index contributed by atoms with van der Waals surface area (Å²) >= 11 is 0. The Morgan fingerprint density at radius 2 is 1.60 bits per heavy atom. The van der Waals surface area contributed by atoms with Gasteiger partial charge in [-0.2, -0.15) is 5.10 Å². The zero-order valence-corrected chi connectivity index (χ0v) is 40.6. The number of hydrogen-bond donors (Lipinski definition) is 7. The first kappa shape index (κ1) is 51.3. The number of esters is 1. The number of allylic oxidation sites excluding steroid dienone is 2. The predicted octanol–water partition coefficient (Wildman–Crippen LogP) is 6.39. The van der Waals surface area contributed by atoms with Crippen LogP contribution in [0.2, 0.25) is 0 Å². The second-order valence-corrected chi connectivity index (χ2v) is 18.8. The molecule has 0 saturated carbocycles. The Hall–Kier alpha value is -6.14. The number of aliphatic hydroxyl groups excluding tert-OH is 2. The summed E-state index contributed by atoms with van der Waals surface area (Å²) in [7, 11) is 1.43. The number of carbonyl (C=O) groups excluding carboxylic acids is 3. The Bertz CT molecular complexity index is 2530. The van der Waals surface area contributed by atoms with Gasteiger partial charge in [0.05, 0.1) is 65.1 Å². The monoisotopic (exact) mass is 942 g/mol. The fourth-order valence-electron chi connectivity index (χ4n) is 9.69. The van der Waals surface area contributed by atoms with Gasteiger partial charge in [0.15, 0.2) is 5.75 Å². The summed E-state index contributed by atoms with van der Waals surface area (Å²) < 4.78 is 23.8. The number of hydrogen-bond acceptors (Lipinski definition) is 16. The lowest BCUT2D eigenvalue weighted by atomic mass is 9.78. The summed E-state index contributed by atoms with van der Waals surface area (Å²) in [6.45, 7) is 18.2. The lowest BCUT2D eigenvalue weighted by molar-refractivity contribution is -0.160. The zero-order chi connectivity index (χ0) is 50.1. The van der Waals surface area contributed by atoms with Gasteiger partial charge < -0.3 is 54.9 Å². The number of anilines is 1. The van der Waals surface area contributed by atoms with E-state index in [4.69, 9.17) is 24.0 Å². The molecule has 4 aliphatic rings. The molecule has 17 nitrogen and oxygen atoms in total. The third-order valence-corrected chi connectivity index (χ3v) is 13.6. The Morgan fingerprint density at radius 1 is 0.926 bits per heavy atom. The molecule has 7 rings (SSSR count). The number of rotatable bonds is 6.